The highest BCUT2D eigenvalue weighted by atomic mass is 16.3. The van der Waals surface area contributed by atoms with Gasteiger partial charge in [-0.1, -0.05) is 83.6 Å². The van der Waals surface area contributed by atoms with Crippen LogP contribution in [0.5, 0.6) is 0 Å². The summed E-state index contributed by atoms with van der Waals surface area (Å²) in [6.45, 7) is 18.8. The molecule has 1 N–H and O–H groups in total. The lowest BCUT2D eigenvalue weighted by atomic mass is 9.57. The fraction of sp³-hybridized carbons (Fsp3) is 0.724. The smallest absolute Gasteiger partial charge is 0.0583 e. The highest BCUT2D eigenvalue weighted by molar-refractivity contribution is 5.36. The van der Waals surface area contributed by atoms with Gasteiger partial charge in [-0.3, -0.25) is 0 Å². The SMILES string of the molecule is C=C1CCC(O)CC1=CC=C1CCCC2(C)C1CCC2C(C)(C)C=CC(C)C(C)C. The summed E-state index contributed by atoms with van der Waals surface area (Å²) in [5, 5.41) is 10.1. The van der Waals surface area contributed by atoms with Gasteiger partial charge in [0.2, 0.25) is 0 Å². The van der Waals surface area contributed by atoms with E-state index in [1.807, 2.05) is 0 Å². The highest BCUT2D eigenvalue weighted by Gasteiger charge is 2.53. The van der Waals surface area contributed by atoms with E-state index in [9.17, 15) is 5.11 Å². The fourth-order valence-corrected chi connectivity index (χ4v) is 6.60. The molecule has 0 aromatic rings. The quantitative estimate of drug-likeness (QED) is 0.455. The maximum absolute atomic E-state index is 10.1. The summed E-state index contributed by atoms with van der Waals surface area (Å²) in [5.74, 6) is 2.80. The Balaban J connectivity index is 1.80. The molecule has 3 aliphatic rings. The molecule has 0 aliphatic heterocycles. The van der Waals surface area contributed by atoms with Crippen LogP contribution in [0, 0.1) is 34.5 Å². The molecule has 0 saturated heterocycles. The van der Waals surface area contributed by atoms with Gasteiger partial charge < -0.3 is 5.11 Å². The summed E-state index contributed by atoms with van der Waals surface area (Å²) < 4.78 is 0. The van der Waals surface area contributed by atoms with E-state index < -0.39 is 0 Å². The fourth-order valence-electron chi connectivity index (χ4n) is 6.60. The first-order valence-electron chi connectivity index (χ1n) is 12.5. The molecule has 0 radical (unpaired) electrons. The van der Waals surface area contributed by atoms with Gasteiger partial charge in [-0.25, -0.2) is 0 Å². The molecule has 0 bridgehead atoms. The molecule has 3 rings (SSSR count). The Bertz CT molecular complexity index is 719. The molecule has 30 heavy (non-hydrogen) atoms. The number of allylic oxidation sites excluding steroid dienone is 6. The first-order chi connectivity index (χ1) is 14.0. The molecule has 0 amide bonds. The summed E-state index contributed by atoms with van der Waals surface area (Å²) in [6.07, 6.45) is 18.7. The molecule has 0 aromatic heterocycles. The summed E-state index contributed by atoms with van der Waals surface area (Å²) in [4.78, 5) is 0. The van der Waals surface area contributed by atoms with Crippen LogP contribution in [0.4, 0.5) is 0 Å². The average molecular weight is 411 g/mol. The molecule has 3 fully saturated rings. The Morgan fingerprint density at radius 3 is 2.53 bits per heavy atom. The zero-order valence-electron chi connectivity index (χ0n) is 20.5. The van der Waals surface area contributed by atoms with Crippen LogP contribution >= 0.6 is 0 Å². The van der Waals surface area contributed by atoms with E-state index in [4.69, 9.17) is 0 Å². The molecule has 5 atom stereocenters. The lowest BCUT2D eigenvalue weighted by Crippen LogP contribution is -2.39. The first kappa shape index (κ1) is 23.6. The molecular formula is C29H46O. The van der Waals surface area contributed by atoms with Crippen LogP contribution in [0.3, 0.4) is 0 Å². The van der Waals surface area contributed by atoms with Crippen molar-refractivity contribution in [3.63, 3.8) is 0 Å². The third kappa shape index (κ3) is 4.87. The molecule has 5 unspecified atom stereocenters. The third-order valence-corrected chi connectivity index (χ3v) is 8.93. The summed E-state index contributed by atoms with van der Waals surface area (Å²) in [5.41, 5.74) is 4.80. The van der Waals surface area contributed by atoms with Crippen LogP contribution in [0.15, 0.2) is 47.6 Å². The molecule has 3 saturated carbocycles. The van der Waals surface area contributed by atoms with Crippen molar-refractivity contribution in [1.29, 1.82) is 0 Å². The number of hydrogen-bond donors (Lipinski definition) is 1. The van der Waals surface area contributed by atoms with Gasteiger partial charge in [0, 0.05) is 0 Å². The lowest BCUT2D eigenvalue weighted by molar-refractivity contribution is 0.0715. The maximum Gasteiger partial charge on any atom is 0.0583 e. The largest absolute Gasteiger partial charge is 0.393 e. The standard InChI is InChI=1S/C29H46O/c1-20(2)21(3)16-18-28(5,6)27-15-14-26-23(9-8-17-29(26,27)7)11-12-24-19-25(30)13-10-22(24)4/h11-12,16,18,20-21,25-27,30H,4,8-10,13-15,17,19H2,1-3,5-7H3. The van der Waals surface area contributed by atoms with Gasteiger partial charge in [0.15, 0.2) is 0 Å². The maximum atomic E-state index is 10.1. The summed E-state index contributed by atoms with van der Waals surface area (Å²) in [7, 11) is 0. The predicted molar refractivity (Wildman–Crippen MR) is 130 cm³/mol. The van der Waals surface area contributed by atoms with E-state index in [1.165, 1.54) is 43.3 Å². The minimum absolute atomic E-state index is 0.187. The molecule has 1 nitrogen and oxygen atoms in total. The molecule has 0 aromatic carbocycles. The van der Waals surface area contributed by atoms with Crippen molar-refractivity contribution in [3.05, 3.63) is 47.6 Å². The Morgan fingerprint density at radius 1 is 1.10 bits per heavy atom. The second-order valence-corrected chi connectivity index (χ2v) is 11.8. The van der Waals surface area contributed by atoms with Crippen LogP contribution in [0.25, 0.3) is 0 Å². The van der Waals surface area contributed by atoms with Crippen LogP contribution in [-0.4, -0.2) is 11.2 Å². The number of aliphatic hydroxyl groups is 1. The van der Waals surface area contributed by atoms with Crippen LogP contribution < -0.4 is 0 Å². The van der Waals surface area contributed by atoms with Gasteiger partial charge in [0.05, 0.1) is 6.10 Å². The van der Waals surface area contributed by atoms with Crippen molar-refractivity contribution in [3.8, 4) is 0 Å². The van der Waals surface area contributed by atoms with E-state index in [1.54, 1.807) is 5.57 Å². The zero-order chi connectivity index (χ0) is 22.1. The topological polar surface area (TPSA) is 20.2 Å². The van der Waals surface area contributed by atoms with Crippen molar-refractivity contribution < 1.29 is 5.11 Å². The zero-order valence-corrected chi connectivity index (χ0v) is 20.5. The summed E-state index contributed by atoms with van der Waals surface area (Å²) in [6, 6.07) is 0. The first-order valence-corrected chi connectivity index (χ1v) is 12.5. The summed E-state index contributed by atoms with van der Waals surface area (Å²) >= 11 is 0. The molecule has 0 spiro atoms. The Kier molecular flexibility index (Phi) is 7.22. The van der Waals surface area contributed by atoms with Crippen LogP contribution in [0.2, 0.25) is 0 Å². The van der Waals surface area contributed by atoms with E-state index in [-0.39, 0.29) is 11.5 Å². The van der Waals surface area contributed by atoms with Gasteiger partial charge in [0.25, 0.3) is 0 Å². The highest BCUT2D eigenvalue weighted by Crippen LogP contribution is 2.62. The van der Waals surface area contributed by atoms with E-state index >= 15 is 0 Å². The number of hydrogen-bond acceptors (Lipinski definition) is 1. The number of aliphatic hydroxyl groups excluding tert-OH is 1. The van der Waals surface area contributed by atoms with E-state index in [0.717, 1.165) is 25.2 Å². The van der Waals surface area contributed by atoms with Gasteiger partial charge in [-0.2, -0.15) is 0 Å². The van der Waals surface area contributed by atoms with Crippen LogP contribution in [0.1, 0.15) is 92.9 Å². The predicted octanol–water partition coefficient (Wildman–Crippen LogP) is 8.03. The molecule has 3 aliphatic carbocycles. The second-order valence-electron chi connectivity index (χ2n) is 11.8. The Morgan fingerprint density at radius 2 is 1.83 bits per heavy atom. The van der Waals surface area contributed by atoms with Crippen molar-refractivity contribution in [2.75, 3.05) is 0 Å². The monoisotopic (exact) mass is 410 g/mol. The van der Waals surface area contributed by atoms with E-state index in [2.05, 4.69) is 72.4 Å². The molecule has 168 valence electrons. The minimum Gasteiger partial charge on any atom is -0.393 e. The Hall–Kier alpha value is -1.08. The number of rotatable bonds is 5. The Labute approximate surface area is 186 Å². The third-order valence-electron chi connectivity index (χ3n) is 8.93. The van der Waals surface area contributed by atoms with Gasteiger partial charge in [-0.05, 0) is 91.4 Å². The van der Waals surface area contributed by atoms with Gasteiger partial charge in [0.1, 0.15) is 0 Å². The average Bonchev–Trinajstić information content (AvgIpc) is 3.05. The minimum atomic E-state index is -0.187. The van der Waals surface area contributed by atoms with Crippen molar-refractivity contribution >= 4 is 0 Å². The van der Waals surface area contributed by atoms with Gasteiger partial charge in [-0.15, -0.1) is 0 Å². The van der Waals surface area contributed by atoms with Crippen molar-refractivity contribution in [2.24, 2.45) is 34.5 Å². The number of fused-ring (bicyclic) bond motifs is 1. The molecule has 1 heteroatoms. The van der Waals surface area contributed by atoms with E-state index in [0.29, 0.717) is 23.2 Å². The normalized spacial score (nSPS) is 36.8. The van der Waals surface area contributed by atoms with Crippen LogP contribution in [-0.2, 0) is 0 Å². The molecule has 0 heterocycles. The molecular weight excluding hydrogens is 364 g/mol. The lowest BCUT2D eigenvalue weighted by Gasteiger charge is -2.47. The van der Waals surface area contributed by atoms with Crippen molar-refractivity contribution in [1.82, 2.24) is 0 Å². The van der Waals surface area contributed by atoms with Crippen molar-refractivity contribution in [2.45, 2.75) is 99.0 Å². The van der Waals surface area contributed by atoms with Gasteiger partial charge >= 0.3 is 0 Å². The second kappa shape index (κ2) is 9.19.